The van der Waals surface area contributed by atoms with Gasteiger partial charge in [-0.05, 0) is 104 Å². The second kappa shape index (κ2) is 12.6. The third-order valence-electron chi connectivity index (χ3n) is 9.92. The lowest BCUT2D eigenvalue weighted by Gasteiger charge is -2.45. The van der Waals surface area contributed by atoms with E-state index in [-0.39, 0.29) is 0 Å². The van der Waals surface area contributed by atoms with Crippen LogP contribution in [0.15, 0.2) is 24.3 Å². The highest BCUT2D eigenvalue weighted by atomic mass is 14.4. The Morgan fingerprint density at radius 1 is 0.594 bits per heavy atom. The molecular weight excluding hydrogens is 384 g/mol. The highest BCUT2D eigenvalue weighted by molar-refractivity contribution is 5.26. The summed E-state index contributed by atoms with van der Waals surface area (Å²) in [6, 6.07) is 9.74. The van der Waals surface area contributed by atoms with Gasteiger partial charge in [-0.15, -0.1) is 0 Å². The molecule has 0 bridgehead atoms. The van der Waals surface area contributed by atoms with Crippen LogP contribution in [0.3, 0.4) is 0 Å². The minimum Gasteiger partial charge on any atom is -0.0654 e. The van der Waals surface area contributed by atoms with E-state index in [1.54, 1.807) is 44.1 Å². The maximum absolute atomic E-state index is 2.46. The van der Waals surface area contributed by atoms with Gasteiger partial charge in [0.2, 0.25) is 0 Å². The zero-order valence-corrected chi connectivity index (χ0v) is 21.5. The van der Waals surface area contributed by atoms with Crippen molar-refractivity contribution in [2.45, 2.75) is 135 Å². The van der Waals surface area contributed by atoms with E-state index in [0.29, 0.717) is 0 Å². The Morgan fingerprint density at radius 3 is 1.94 bits per heavy atom. The molecule has 1 aromatic rings. The summed E-state index contributed by atoms with van der Waals surface area (Å²) in [5.74, 6) is 6.16. The predicted octanol–water partition coefficient (Wildman–Crippen LogP) is 10.1. The fourth-order valence-electron chi connectivity index (χ4n) is 7.89. The van der Waals surface area contributed by atoms with E-state index in [0.717, 1.165) is 35.5 Å². The van der Waals surface area contributed by atoms with Gasteiger partial charge < -0.3 is 0 Å². The minimum atomic E-state index is 0.844. The summed E-state index contributed by atoms with van der Waals surface area (Å²) in [6.07, 6.45) is 26.7. The molecule has 0 radical (unpaired) electrons. The first-order valence-electron chi connectivity index (χ1n) is 14.9. The number of hydrogen-bond donors (Lipinski definition) is 0. The molecule has 0 saturated heterocycles. The van der Waals surface area contributed by atoms with Crippen molar-refractivity contribution in [1.82, 2.24) is 0 Å². The summed E-state index contributed by atoms with van der Waals surface area (Å²) in [6.45, 7) is 4.61. The lowest BCUT2D eigenvalue weighted by Crippen LogP contribution is -2.34. The van der Waals surface area contributed by atoms with Crippen LogP contribution in [0.5, 0.6) is 0 Å². The molecule has 0 aliphatic heterocycles. The van der Waals surface area contributed by atoms with Crippen LogP contribution in [0.1, 0.15) is 140 Å². The Morgan fingerprint density at radius 2 is 1.22 bits per heavy atom. The summed E-state index contributed by atoms with van der Waals surface area (Å²) in [5, 5.41) is 0. The van der Waals surface area contributed by atoms with Gasteiger partial charge >= 0.3 is 0 Å². The quantitative estimate of drug-likeness (QED) is 0.320. The van der Waals surface area contributed by atoms with E-state index in [4.69, 9.17) is 0 Å². The second-order valence-electron chi connectivity index (χ2n) is 12.1. The number of benzene rings is 1. The number of unbranched alkanes of at least 4 members (excludes halogenated alkanes) is 4. The van der Waals surface area contributed by atoms with Crippen LogP contribution < -0.4 is 0 Å². The highest BCUT2D eigenvalue weighted by Gasteiger charge is 2.39. The van der Waals surface area contributed by atoms with Gasteiger partial charge in [0.15, 0.2) is 0 Å². The summed E-state index contributed by atoms with van der Waals surface area (Å²) < 4.78 is 0. The molecule has 3 aliphatic carbocycles. The van der Waals surface area contributed by atoms with Gasteiger partial charge in [0.05, 0.1) is 0 Å². The molecule has 4 rings (SSSR count). The van der Waals surface area contributed by atoms with Gasteiger partial charge in [-0.1, -0.05) is 95.9 Å². The van der Waals surface area contributed by atoms with Crippen LogP contribution in [0.4, 0.5) is 0 Å². The zero-order valence-electron chi connectivity index (χ0n) is 21.5. The predicted molar refractivity (Wildman–Crippen MR) is 140 cm³/mol. The van der Waals surface area contributed by atoms with Crippen molar-refractivity contribution in [1.29, 1.82) is 0 Å². The molecule has 1 aromatic carbocycles. The molecule has 3 saturated carbocycles. The molecule has 0 aromatic heterocycles. The number of hydrogen-bond acceptors (Lipinski definition) is 0. The largest absolute Gasteiger partial charge is 0.0654 e. The van der Waals surface area contributed by atoms with Crippen molar-refractivity contribution in [2.75, 3.05) is 0 Å². The molecular formula is C32H52. The molecule has 0 heteroatoms. The Labute approximate surface area is 200 Å². The molecule has 0 heterocycles. The monoisotopic (exact) mass is 436 g/mol. The summed E-state index contributed by atoms with van der Waals surface area (Å²) in [4.78, 5) is 0. The van der Waals surface area contributed by atoms with E-state index in [9.17, 15) is 0 Å². The molecule has 0 N–H and O–H groups in total. The van der Waals surface area contributed by atoms with E-state index < -0.39 is 0 Å². The Hall–Kier alpha value is -0.780. The summed E-state index contributed by atoms with van der Waals surface area (Å²) in [5.41, 5.74) is 3.16. The SMILES string of the molecule is CCCCCCCC1CCC(C2CCC3CC(c4ccc(CCC)cc4)CCC3C2)CC1. The van der Waals surface area contributed by atoms with E-state index >= 15 is 0 Å². The lowest BCUT2D eigenvalue weighted by molar-refractivity contribution is 0.0710. The molecule has 3 fully saturated rings. The maximum Gasteiger partial charge on any atom is -0.0159 e. The second-order valence-corrected chi connectivity index (χ2v) is 12.1. The summed E-state index contributed by atoms with van der Waals surface area (Å²) >= 11 is 0. The van der Waals surface area contributed by atoms with Crippen LogP contribution in [0.25, 0.3) is 0 Å². The van der Waals surface area contributed by atoms with Crippen molar-refractivity contribution in [3.8, 4) is 0 Å². The van der Waals surface area contributed by atoms with Crippen LogP contribution in [0, 0.1) is 29.6 Å². The molecule has 32 heavy (non-hydrogen) atoms. The molecule has 180 valence electrons. The Balaban J connectivity index is 1.18. The van der Waals surface area contributed by atoms with Crippen LogP contribution in [0.2, 0.25) is 0 Å². The van der Waals surface area contributed by atoms with Gasteiger partial charge in [0.25, 0.3) is 0 Å². The topological polar surface area (TPSA) is 0 Å². The van der Waals surface area contributed by atoms with Gasteiger partial charge in [-0.3, -0.25) is 0 Å². The van der Waals surface area contributed by atoms with E-state index in [1.165, 1.54) is 82.6 Å². The Bertz CT molecular complexity index is 635. The van der Waals surface area contributed by atoms with Crippen molar-refractivity contribution in [2.24, 2.45) is 29.6 Å². The van der Waals surface area contributed by atoms with Crippen LogP contribution >= 0.6 is 0 Å². The molecule has 0 spiro atoms. The fourth-order valence-corrected chi connectivity index (χ4v) is 7.89. The molecule has 3 aliphatic rings. The third kappa shape index (κ3) is 6.64. The van der Waals surface area contributed by atoms with E-state index in [2.05, 4.69) is 38.1 Å². The van der Waals surface area contributed by atoms with Gasteiger partial charge in [-0.25, -0.2) is 0 Å². The first-order chi connectivity index (χ1) is 15.8. The zero-order chi connectivity index (χ0) is 22.2. The molecule has 4 atom stereocenters. The molecule has 4 unspecified atom stereocenters. The van der Waals surface area contributed by atoms with Gasteiger partial charge in [-0.2, -0.15) is 0 Å². The first-order valence-corrected chi connectivity index (χ1v) is 14.9. The number of aryl methyl sites for hydroxylation is 1. The average Bonchev–Trinajstić information content (AvgIpc) is 2.84. The molecule has 0 amide bonds. The number of fused-ring (bicyclic) bond motifs is 1. The Kier molecular flexibility index (Phi) is 9.60. The lowest BCUT2D eigenvalue weighted by atomic mass is 9.60. The minimum absolute atomic E-state index is 0.844. The standard InChI is InChI=1S/C32H52/c1-3-5-6-7-8-10-26-13-17-28(18-14-26)30-20-22-31-23-29(19-21-32(31)24-30)27-15-11-25(9-4-2)12-16-27/h11-12,15-16,26,28-32H,3-10,13-14,17-24H2,1-2H3. The van der Waals surface area contributed by atoms with Gasteiger partial charge in [0, 0.05) is 0 Å². The smallest absolute Gasteiger partial charge is 0.0159 e. The summed E-state index contributed by atoms with van der Waals surface area (Å²) in [7, 11) is 0. The number of rotatable bonds is 10. The van der Waals surface area contributed by atoms with Crippen molar-refractivity contribution < 1.29 is 0 Å². The third-order valence-corrected chi connectivity index (χ3v) is 9.92. The van der Waals surface area contributed by atoms with Crippen molar-refractivity contribution in [3.63, 3.8) is 0 Å². The normalized spacial score (nSPS) is 33.1. The van der Waals surface area contributed by atoms with Crippen LogP contribution in [-0.4, -0.2) is 0 Å². The van der Waals surface area contributed by atoms with Gasteiger partial charge in [0.1, 0.15) is 0 Å². The molecule has 0 nitrogen and oxygen atoms in total. The fraction of sp³-hybridized carbons (Fsp3) is 0.812. The average molecular weight is 437 g/mol. The first kappa shape index (κ1) is 24.3. The highest BCUT2D eigenvalue weighted by Crippen LogP contribution is 2.51. The van der Waals surface area contributed by atoms with Crippen molar-refractivity contribution in [3.05, 3.63) is 35.4 Å². The van der Waals surface area contributed by atoms with E-state index in [1.807, 2.05) is 0 Å². The van der Waals surface area contributed by atoms with Crippen molar-refractivity contribution >= 4 is 0 Å². The van der Waals surface area contributed by atoms with Crippen LogP contribution in [-0.2, 0) is 6.42 Å². The maximum atomic E-state index is 2.46.